The van der Waals surface area contributed by atoms with E-state index in [-0.39, 0.29) is 11.2 Å². The van der Waals surface area contributed by atoms with Gasteiger partial charge in [0.05, 0.1) is 10.6 Å². The molecule has 0 saturated heterocycles. The van der Waals surface area contributed by atoms with E-state index in [0.29, 0.717) is 17.9 Å². The second-order valence-corrected chi connectivity index (χ2v) is 8.49. The fourth-order valence-corrected chi connectivity index (χ4v) is 3.88. The van der Waals surface area contributed by atoms with Crippen molar-refractivity contribution in [2.45, 2.75) is 51.9 Å². The minimum atomic E-state index is -3.16. The Morgan fingerprint density at radius 2 is 1.80 bits per heavy atom. The lowest BCUT2D eigenvalue weighted by molar-refractivity contribution is 0.335. The lowest BCUT2D eigenvalue weighted by Crippen LogP contribution is -2.23. The first-order chi connectivity index (χ1) is 9.18. The maximum absolute atomic E-state index is 12.3. The summed E-state index contributed by atoms with van der Waals surface area (Å²) in [5.74, 6) is 0.220. The van der Waals surface area contributed by atoms with Gasteiger partial charge < -0.3 is 5.73 Å². The minimum absolute atomic E-state index is 0.101. The first kappa shape index (κ1) is 17.2. The normalized spacial score (nSPS) is 12.7. The molecule has 3 nitrogen and oxygen atoms in total. The number of hydrogen-bond acceptors (Lipinski definition) is 3. The molecule has 0 fully saturated rings. The molecule has 1 aromatic carbocycles. The smallest absolute Gasteiger partial charge is 0.178 e. The molecule has 0 spiro atoms. The van der Waals surface area contributed by atoms with Gasteiger partial charge in [0, 0.05) is 0 Å². The van der Waals surface area contributed by atoms with Crippen molar-refractivity contribution in [3.63, 3.8) is 0 Å². The summed E-state index contributed by atoms with van der Waals surface area (Å²) < 4.78 is 24.7. The highest BCUT2D eigenvalue weighted by Crippen LogP contribution is 2.23. The molecule has 20 heavy (non-hydrogen) atoms. The Labute approximate surface area is 123 Å². The number of rotatable bonds is 7. The summed E-state index contributed by atoms with van der Waals surface area (Å²) in [6.45, 7) is 8.70. The minimum Gasteiger partial charge on any atom is -0.330 e. The lowest BCUT2D eigenvalue weighted by atomic mass is 9.88. The van der Waals surface area contributed by atoms with E-state index in [0.717, 1.165) is 24.0 Å². The first-order valence-electron chi connectivity index (χ1n) is 7.18. The molecule has 0 atom stereocenters. The second-order valence-electron chi connectivity index (χ2n) is 6.41. The monoisotopic (exact) mass is 297 g/mol. The van der Waals surface area contributed by atoms with Gasteiger partial charge in [-0.1, -0.05) is 38.0 Å². The molecular weight excluding hydrogens is 270 g/mol. The van der Waals surface area contributed by atoms with Crippen molar-refractivity contribution in [3.05, 3.63) is 29.3 Å². The van der Waals surface area contributed by atoms with Crippen LogP contribution in [0.5, 0.6) is 0 Å². The van der Waals surface area contributed by atoms with Crippen LogP contribution in [0, 0.1) is 19.3 Å². The van der Waals surface area contributed by atoms with Gasteiger partial charge in [0.25, 0.3) is 0 Å². The largest absolute Gasteiger partial charge is 0.330 e. The Bertz CT molecular complexity index is 548. The van der Waals surface area contributed by atoms with E-state index in [4.69, 9.17) is 5.73 Å². The average molecular weight is 297 g/mol. The Balaban J connectivity index is 2.63. The van der Waals surface area contributed by atoms with Gasteiger partial charge in [-0.15, -0.1) is 0 Å². The fraction of sp³-hybridized carbons (Fsp3) is 0.625. The van der Waals surface area contributed by atoms with E-state index in [1.165, 1.54) is 0 Å². The summed E-state index contributed by atoms with van der Waals surface area (Å²) in [4.78, 5) is 0.473. The zero-order valence-electron chi connectivity index (χ0n) is 13.1. The molecule has 0 saturated carbocycles. The maximum Gasteiger partial charge on any atom is 0.178 e. The van der Waals surface area contributed by atoms with Crippen LogP contribution in [-0.4, -0.2) is 20.7 Å². The van der Waals surface area contributed by atoms with Gasteiger partial charge in [0.2, 0.25) is 0 Å². The zero-order chi connectivity index (χ0) is 15.4. The number of hydrogen-bond donors (Lipinski definition) is 1. The average Bonchev–Trinajstić information content (AvgIpc) is 2.34. The van der Waals surface area contributed by atoms with Crippen LogP contribution in [0.1, 0.15) is 44.2 Å². The van der Waals surface area contributed by atoms with Crippen molar-refractivity contribution in [1.82, 2.24) is 0 Å². The summed E-state index contributed by atoms with van der Waals surface area (Å²) in [6, 6.07) is 5.51. The maximum atomic E-state index is 12.3. The van der Waals surface area contributed by atoms with Crippen LogP contribution in [0.15, 0.2) is 23.1 Å². The van der Waals surface area contributed by atoms with Crippen molar-refractivity contribution < 1.29 is 8.42 Å². The van der Waals surface area contributed by atoms with Gasteiger partial charge in [-0.25, -0.2) is 8.42 Å². The summed E-state index contributed by atoms with van der Waals surface area (Å²) in [5, 5.41) is 0. The Morgan fingerprint density at radius 3 is 2.35 bits per heavy atom. The Morgan fingerprint density at radius 1 is 1.15 bits per heavy atom. The highest BCUT2D eigenvalue weighted by molar-refractivity contribution is 7.91. The topological polar surface area (TPSA) is 60.2 Å². The van der Waals surface area contributed by atoms with Gasteiger partial charge in [-0.3, -0.25) is 0 Å². The van der Waals surface area contributed by atoms with Crippen LogP contribution < -0.4 is 5.73 Å². The molecule has 0 heterocycles. The molecule has 0 aliphatic heterocycles. The summed E-state index contributed by atoms with van der Waals surface area (Å²) in [5.41, 5.74) is 7.71. The molecule has 1 aromatic rings. The third-order valence-electron chi connectivity index (χ3n) is 3.73. The lowest BCUT2D eigenvalue weighted by Gasteiger charge is -2.21. The van der Waals surface area contributed by atoms with Gasteiger partial charge in [-0.2, -0.15) is 0 Å². The van der Waals surface area contributed by atoms with E-state index in [1.807, 2.05) is 26.0 Å². The summed E-state index contributed by atoms with van der Waals surface area (Å²) >= 11 is 0. The van der Waals surface area contributed by atoms with E-state index in [2.05, 4.69) is 13.8 Å². The number of aryl methyl sites for hydroxylation is 2. The molecule has 0 aromatic heterocycles. The molecule has 2 N–H and O–H groups in total. The van der Waals surface area contributed by atoms with Crippen molar-refractivity contribution in [2.75, 3.05) is 12.3 Å². The molecule has 0 amide bonds. The molecule has 0 aliphatic carbocycles. The Hall–Kier alpha value is -0.870. The van der Waals surface area contributed by atoms with E-state index < -0.39 is 9.84 Å². The van der Waals surface area contributed by atoms with Crippen LogP contribution in [0.4, 0.5) is 0 Å². The van der Waals surface area contributed by atoms with Crippen LogP contribution >= 0.6 is 0 Å². The van der Waals surface area contributed by atoms with Crippen LogP contribution in [0.2, 0.25) is 0 Å². The number of benzene rings is 1. The molecule has 1 rings (SSSR count). The summed E-state index contributed by atoms with van der Waals surface area (Å²) in [7, 11) is -3.16. The molecule has 0 aliphatic rings. The van der Waals surface area contributed by atoms with Gasteiger partial charge in [0.1, 0.15) is 0 Å². The van der Waals surface area contributed by atoms with Gasteiger partial charge in [-0.05, 0) is 50.3 Å². The summed E-state index contributed by atoms with van der Waals surface area (Å²) in [6.07, 6.45) is 2.55. The Kier molecular flexibility index (Phi) is 5.78. The van der Waals surface area contributed by atoms with Crippen molar-refractivity contribution >= 4 is 9.84 Å². The SMILES string of the molecule is Cc1ccc(S(=O)(=O)CCCCC(C)(C)CN)c(C)c1. The van der Waals surface area contributed by atoms with E-state index in [9.17, 15) is 8.42 Å². The molecular formula is C16H27NO2S. The molecule has 114 valence electrons. The number of sulfone groups is 1. The predicted octanol–water partition coefficient (Wildman–Crippen LogP) is 3.23. The number of nitrogens with two attached hydrogens (primary N) is 1. The highest BCUT2D eigenvalue weighted by atomic mass is 32.2. The van der Waals surface area contributed by atoms with E-state index in [1.54, 1.807) is 6.07 Å². The van der Waals surface area contributed by atoms with Crippen LogP contribution in [0.3, 0.4) is 0 Å². The van der Waals surface area contributed by atoms with E-state index >= 15 is 0 Å². The predicted molar refractivity (Wildman–Crippen MR) is 84.7 cm³/mol. The quantitative estimate of drug-likeness (QED) is 0.786. The fourth-order valence-electron chi connectivity index (χ4n) is 2.26. The number of unbranched alkanes of at least 4 members (excludes halogenated alkanes) is 1. The van der Waals surface area contributed by atoms with Crippen molar-refractivity contribution in [1.29, 1.82) is 0 Å². The van der Waals surface area contributed by atoms with Crippen LogP contribution in [0.25, 0.3) is 0 Å². The first-order valence-corrected chi connectivity index (χ1v) is 8.83. The molecule has 0 radical (unpaired) electrons. The zero-order valence-corrected chi connectivity index (χ0v) is 13.9. The molecule has 0 bridgehead atoms. The molecule has 4 heteroatoms. The third-order valence-corrected chi connectivity index (χ3v) is 5.69. The van der Waals surface area contributed by atoms with Gasteiger partial charge >= 0.3 is 0 Å². The third kappa shape index (κ3) is 4.91. The highest BCUT2D eigenvalue weighted by Gasteiger charge is 2.18. The van der Waals surface area contributed by atoms with Crippen molar-refractivity contribution in [2.24, 2.45) is 11.1 Å². The van der Waals surface area contributed by atoms with Crippen molar-refractivity contribution in [3.8, 4) is 0 Å². The standard InChI is InChI=1S/C16H27NO2S/c1-13-7-8-15(14(2)11-13)20(18,19)10-6-5-9-16(3,4)12-17/h7-8,11H,5-6,9-10,12,17H2,1-4H3. The molecule has 0 unspecified atom stereocenters. The second kappa shape index (κ2) is 6.72. The van der Waals surface area contributed by atoms with Crippen LogP contribution in [-0.2, 0) is 9.84 Å². The van der Waals surface area contributed by atoms with Gasteiger partial charge in [0.15, 0.2) is 9.84 Å².